The van der Waals surface area contributed by atoms with E-state index in [1.807, 2.05) is 0 Å². The minimum absolute atomic E-state index is 0.0692. The van der Waals surface area contributed by atoms with E-state index in [1.54, 1.807) is 72.8 Å². The maximum atomic E-state index is 9.94. The first kappa shape index (κ1) is 17.6. The lowest BCUT2D eigenvalue weighted by atomic mass is 10.1. The number of para-hydroxylation sites is 2. The van der Waals surface area contributed by atoms with Gasteiger partial charge in [0, 0.05) is 11.1 Å². The van der Waals surface area contributed by atoms with Crippen LogP contribution in [0.25, 0.3) is 45.8 Å². The number of phenols is 2. The Hall–Kier alpha value is -4.46. The average molecular weight is 398 g/mol. The Morgan fingerprint density at radius 1 is 0.467 bits per heavy atom. The lowest BCUT2D eigenvalue weighted by Crippen LogP contribution is -1.81. The van der Waals surface area contributed by atoms with Crippen LogP contribution in [0.4, 0.5) is 0 Å². The van der Waals surface area contributed by atoms with Crippen molar-refractivity contribution in [3.63, 3.8) is 0 Å². The summed E-state index contributed by atoms with van der Waals surface area (Å²) in [5, 5.41) is 36.0. The molecule has 0 aliphatic carbocycles. The predicted molar refractivity (Wildman–Crippen MR) is 107 cm³/mol. The van der Waals surface area contributed by atoms with Crippen LogP contribution in [0.3, 0.4) is 0 Å². The van der Waals surface area contributed by atoms with Gasteiger partial charge in [-0.15, -0.1) is 20.4 Å². The number of hydrogen-bond donors (Lipinski definition) is 2. The highest BCUT2D eigenvalue weighted by Gasteiger charge is 2.16. The zero-order valence-corrected chi connectivity index (χ0v) is 15.4. The molecule has 2 aromatic heterocycles. The molecule has 0 atom stereocenters. The van der Waals surface area contributed by atoms with Gasteiger partial charge in [-0.3, -0.25) is 0 Å². The van der Waals surface area contributed by atoms with Gasteiger partial charge in [0.1, 0.15) is 11.5 Å². The molecular weight excluding hydrogens is 384 g/mol. The molecule has 8 nitrogen and oxygen atoms in total. The molecule has 2 heterocycles. The van der Waals surface area contributed by atoms with Gasteiger partial charge in [0.15, 0.2) is 0 Å². The normalized spacial score (nSPS) is 10.9. The number of hydrogen-bond acceptors (Lipinski definition) is 8. The summed E-state index contributed by atoms with van der Waals surface area (Å²) >= 11 is 0. The lowest BCUT2D eigenvalue weighted by Gasteiger charge is -1.99. The second kappa shape index (κ2) is 7.17. The summed E-state index contributed by atoms with van der Waals surface area (Å²) in [7, 11) is 0. The van der Waals surface area contributed by atoms with Crippen molar-refractivity contribution in [1.29, 1.82) is 0 Å². The van der Waals surface area contributed by atoms with Crippen molar-refractivity contribution in [3.8, 4) is 57.3 Å². The third-order valence-corrected chi connectivity index (χ3v) is 4.50. The van der Waals surface area contributed by atoms with Crippen molar-refractivity contribution in [2.24, 2.45) is 0 Å². The summed E-state index contributed by atoms with van der Waals surface area (Å²) in [6.07, 6.45) is 0. The Bertz CT molecular complexity index is 1220. The Balaban J connectivity index is 1.41. The fourth-order valence-corrected chi connectivity index (χ4v) is 2.96. The molecule has 8 heteroatoms. The van der Waals surface area contributed by atoms with Crippen LogP contribution in [0.5, 0.6) is 11.5 Å². The van der Waals surface area contributed by atoms with Crippen LogP contribution >= 0.6 is 0 Å². The van der Waals surface area contributed by atoms with Crippen molar-refractivity contribution in [2.45, 2.75) is 0 Å². The van der Waals surface area contributed by atoms with Crippen LogP contribution in [0.15, 0.2) is 81.6 Å². The zero-order valence-electron chi connectivity index (χ0n) is 15.4. The van der Waals surface area contributed by atoms with Crippen LogP contribution in [-0.4, -0.2) is 30.6 Å². The number of aromatic hydroxyl groups is 2. The fraction of sp³-hybridized carbons (Fsp3) is 0. The predicted octanol–water partition coefficient (Wildman–Crippen LogP) is 4.53. The lowest BCUT2D eigenvalue weighted by molar-refractivity contribution is 0.472. The van der Waals surface area contributed by atoms with Gasteiger partial charge in [0.2, 0.25) is 11.8 Å². The summed E-state index contributed by atoms with van der Waals surface area (Å²) < 4.78 is 11.4. The van der Waals surface area contributed by atoms with Gasteiger partial charge in [-0.2, -0.15) is 0 Å². The molecule has 0 radical (unpaired) electrons. The van der Waals surface area contributed by atoms with E-state index in [0.717, 1.165) is 0 Å². The van der Waals surface area contributed by atoms with Gasteiger partial charge in [-0.1, -0.05) is 24.3 Å². The van der Waals surface area contributed by atoms with Crippen LogP contribution < -0.4 is 0 Å². The highest BCUT2D eigenvalue weighted by atomic mass is 16.4. The van der Waals surface area contributed by atoms with Crippen molar-refractivity contribution in [1.82, 2.24) is 20.4 Å². The molecule has 3 aromatic carbocycles. The molecule has 0 saturated carbocycles. The minimum Gasteiger partial charge on any atom is -0.507 e. The quantitative estimate of drug-likeness (QED) is 0.453. The van der Waals surface area contributed by atoms with Crippen LogP contribution in [0.2, 0.25) is 0 Å². The van der Waals surface area contributed by atoms with E-state index < -0.39 is 0 Å². The van der Waals surface area contributed by atoms with E-state index in [-0.39, 0.29) is 23.3 Å². The van der Waals surface area contributed by atoms with Crippen LogP contribution in [-0.2, 0) is 0 Å². The van der Waals surface area contributed by atoms with Crippen LogP contribution in [0, 0.1) is 0 Å². The Labute approximate surface area is 170 Å². The molecule has 0 bridgehead atoms. The number of benzene rings is 3. The molecule has 5 rings (SSSR count). The Morgan fingerprint density at radius 2 is 0.833 bits per heavy atom. The Morgan fingerprint density at radius 3 is 1.23 bits per heavy atom. The van der Waals surface area contributed by atoms with E-state index in [1.165, 1.54) is 0 Å². The van der Waals surface area contributed by atoms with Crippen molar-refractivity contribution >= 4 is 0 Å². The molecule has 0 fully saturated rings. The number of nitrogens with zero attached hydrogens (tertiary/aromatic N) is 4. The number of aromatic nitrogens is 4. The van der Waals surface area contributed by atoms with E-state index >= 15 is 0 Å². The molecule has 0 aliphatic heterocycles. The van der Waals surface area contributed by atoms with E-state index in [9.17, 15) is 10.2 Å². The number of rotatable bonds is 4. The Kier molecular flexibility index (Phi) is 4.21. The monoisotopic (exact) mass is 398 g/mol. The smallest absolute Gasteiger partial charge is 0.251 e. The van der Waals surface area contributed by atoms with Gasteiger partial charge in [0.05, 0.1) is 11.1 Å². The van der Waals surface area contributed by atoms with Gasteiger partial charge in [-0.25, -0.2) is 0 Å². The third-order valence-electron chi connectivity index (χ3n) is 4.50. The second-order valence-corrected chi connectivity index (χ2v) is 6.44. The van der Waals surface area contributed by atoms with Crippen molar-refractivity contribution in [2.75, 3.05) is 0 Å². The number of phenolic OH excluding ortho intramolecular Hbond substituents is 2. The summed E-state index contributed by atoms with van der Waals surface area (Å²) in [5.74, 6) is 1.24. The van der Waals surface area contributed by atoms with E-state index in [2.05, 4.69) is 20.4 Å². The van der Waals surface area contributed by atoms with Crippen molar-refractivity contribution < 1.29 is 19.0 Å². The van der Waals surface area contributed by atoms with Gasteiger partial charge in [-0.05, 0) is 48.5 Å². The van der Waals surface area contributed by atoms with Gasteiger partial charge >= 0.3 is 0 Å². The first-order valence-electron chi connectivity index (χ1n) is 9.03. The highest BCUT2D eigenvalue weighted by molar-refractivity contribution is 5.66. The summed E-state index contributed by atoms with van der Waals surface area (Å²) in [4.78, 5) is 0. The molecule has 30 heavy (non-hydrogen) atoms. The molecule has 5 aromatic rings. The van der Waals surface area contributed by atoms with Gasteiger partial charge < -0.3 is 19.0 Å². The molecule has 0 aliphatic rings. The maximum absolute atomic E-state index is 9.94. The molecular formula is C22H14N4O4. The first-order chi connectivity index (χ1) is 14.7. The molecule has 0 amide bonds. The molecule has 146 valence electrons. The minimum atomic E-state index is 0.0692. The van der Waals surface area contributed by atoms with E-state index in [4.69, 9.17) is 8.83 Å². The van der Waals surface area contributed by atoms with Crippen LogP contribution in [0.1, 0.15) is 0 Å². The van der Waals surface area contributed by atoms with Gasteiger partial charge in [0.25, 0.3) is 11.8 Å². The largest absolute Gasteiger partial charge is 0.507 e. The summed E-state index contributed by atoms with van der Waals surface area (Å²) in [6, 6.07) is 20.7. The second-order valence-electron chi connectivity index (χ2n) is 6.44. The molecule has 0 unspecified atom stereocenters. The summed E-state index contributed by atoms with van der Waals surface area (Å²) in [5.41, 5.74) is 2.34. The molecule has 0 saturated heterocycles. The molecule has 0 spiro atoms. The standard InChI is InChI=1S/C22H14N4O4/c27-17-7-3-1-5-15(17)21-25-23-19(29-21)13-9-11-14(12-10-13)20-24-26-22(30-20)16-6-2-4-8-18(16)28/h1-12,27-28H. The maximum Gasteiger partial charge on any atom is 0.251 e. The van der Waals surface area contributed by atoms with Crippen molar-refractivity contribution in [3.05, 3.63) is 72.8 Å². The highest BCUT2D eigenvalue weighted by Crippen LogP contribution is 2.32. The SMILES string of the molecule is Oc1ccccc1-c1nnc(-c2ccc(-c3nnc(-c4ccccc4O)o3)cc2)o1. The average Bonchev–Trinajstić information content (AvgIpc) is 3.45. The topological polar surface area (TPSA) is 118 Å². The summed E-state index contributed by atoms with van der Waals surface area (Å²) in [6.45, 7) is 0. The third kappa shape index (κ3) is 3.16. The molecule has 2 N–H and O–H groups in total. The fourth-order valence-electron chi connectivity index (χ4n) is 2.96. The van der Waals surface area contributed by atoms with E-state index in [0.29, 0.717) is 34.0 Å². The first-order valence-corrected chi connectivity index (χ1v) is 9.03. The zero-order chi connectivity index (χ0) is 20.5.